The predicted octanol–water partition coefficient (Wildman–Crippen LogP) is 4.12. The minimum Gasteiger partial charge on any atom is -0.361 e. The van der Waals surface area contributed by atoms with Crippen molar-refractivity contribution in [3.63, 3.8) is 0 Å². The van der Waals surface area contributed by atoms with Gasteiger partial charge in [0.25, 0.3) is 0 Å². The molecule has 20 heavy (non-hydrogen) atoms. The summed E-state index contributed by atoms with van der Waals surface area (Å²) in [6.45, 7) is 8.25. The van der Waals surface area contributed by atoms with Crippen LogP contribution in [0.15, 0.2) is 30.5 Å². The largest absolute Gasteiger partial charge is 0.361 e. The third kappa shape index (κ3) is 2.76. The van der Waals surface area contributed by atoms with Gasteiger partial charge in [0.1, 0.15) is 0 Å². The van der Waals surface area contributed by atoms with E-state index in [0.29, 0.717) is 11.5 Å². The van der Waals surface area contributed by atoms with Crippen molar-refractivity contribution in [1.82, 2.24) is 10.3 Å². The standard InChI is InChI=1S/C18H26N2/c1-13-10-18(2,3)11-17(13)19-9-8-14-12-20-16-7-5-4-6-15(14)16/h4-7,12-13,17,19-20H,8-11H2,1-3H3. The van der Waals surface area contributed by atoms with Gasteiger partial charge in [0.05, 0.1) is 0 Å². The summed E-state index contributed by atoms with van der Waals surface area (Å²) in [4.78, 5) is 3.36. The van der Waals surface area contributed by atoms with E-state index in [2.05, 4.69) is 61.5 Å². The maximum Gasteiger partial charge on any atom is 0.0456 e. The predicted molar refractivity (Wildman–Crippen MR) is 86.0 cm³/mol. The maximum absolute atomic E-state index is 3.78. The van der Waals surface area contributed by atoms with Gasteiger partial charge >= 0.3 is 0 Å². The summed E-state index contributed by atoms with van der Waals surface area (Å²) in [5.41, 5.74) is 3.19. The Labute approximate surface area is 122 Å². The number of hydrogen-bond acceptors (Lipinski definition) is 1. The molecule has 2 unspecified atom stereocenters. The number of aromatic amines is 1. The molecular formula is C18H26N2. The van der Waals surface area contributed by atoms with E-state index in [9.17, 15) is 0 Å². The molecule has 1 fully saturated rings. The van der Waals surface area contributed by atoms with Crippen LogP contribution in [0.25, 0.3) is 10.9 Å². The SMILES string of the molecule is CC1CC(C)(C)CC1NCCc1c[nH]c2ccccc12. The van der Waals surface area contributed by atoms with Gasteiger partial charge in [-0.3, -0.25) is 0 Å². The van der Waals surface area contributed by atoms with Gasteiger partial charge < -0.3 is 10.3 Å². The Morgan fingerprint density at radius 2 is 2.05 bits per heavy atom. The lowest BCUT2D eigenvalue weighted by atomic mass is 9.91. The first-order valence-corrected chi connectivity index (χ1v) is 7.83. The Morgan fingerprint density at radius 1 is 1.25 bits per heavy atom. The molecule has 2 aromatic rings. The van der Waals surface area contributed by atoms with E-state index < -0.39 is 0 Å². The summed E-state index contributed by atoms with van der Waals surface area (Å²) in [6.07, 6.45) is 5.92. The third-order valence-electron chi connectivity index (χ3n) is 4.81. The second kappa shape index (κ2) is 5.25. The summed E-state index contributed by atoms with van der Waals surface area (Å²) in [6, 6.07) is 9.25. The molecule has 1 aliphatic carbocycles. The van der Waals surface area contributed by atoms with Crippen LogP contribution in [-0.2, 0) is 6.42 Å². The molecule has 2 nitrogen and oxygen atoms in total. The number of fused-ring (bicyclic) bond motifs is 1. The van der Waals surface area contributed by atoms with Crippen LogP contribution >= 0.6 is 0 Å². The van der Waals surface area contributed by atoms with Gasteiger partial charge in [-0.1, -0.05) is 39.0 Å². The van der Waals surface area contributed by atoms with Crippen molar-refractivity contribution in [1.29, 1.82) is 0 Å². The minimum atomic E-state index is 0.512. The van der Waals surface area contributed by atoms with Gasteiger partial charge in [0, 0.05) is 23.1 Å². The number of nitrogens with one attached hydrogen (secondary N) is 2. The fourth-order valence-corrected chi connectivity index (χ4v) is 3.90. The van der Waals surface area contributed by atoms with E-state index in [1.807, 2.05) is 0 Å². The molecule has 0 bridgehead atoms. The quantitative estimate of drug-likeness (QED) is 0.859. The fourth-order valence-electron chi connectivity index (χ4n) is 3.90. The molecule has 2 N–H and O–H groups in total. The molecule has 0 aliphatic heterocycles. The average molecular weight is 270 g/mol. The highest BCUT2D eigenvalue weighted by atomic mass is 14.9. The molecule has 2 atom stereocenters. The van der Waals surface area contributed by atoms with Crippen LogP contribution in [0, 0.1) is 11.3 Å². The van der Waals surface area contributed by atoms with Crippen molar-refractivity contribution in [3.05, 3.63) is 36.0 Å². The lowest BCUT2D eigenvalue weighted by Crippen LogP contribution is -2.33. The summed E-state index contributed by atoms with van der Waals surface area (Å²) in [5.74, 6) is 0.799. The first-order chi connectivity index (χ1) is 9.55. The normalized spacial score (nSPS) is 25.4. The Kier molecular flexibility index (Phi) is 3.59. The zero-order chi connectivity index (χ0) is 14.2. The van der Waals surface area contributed by atoms with Crippen molar-refractivity contribution >= 4 is 10.9 Å². The lowest BCUT2D eigenvalue weighted by molar-refractivity contribution is 0.362. The van der Waals surface area contributed by atoms with Crippen LogP contribution < -0.4 is 5.32 Å². The fraction of sp³-hybridized carbons (Fsp3) is 0.556. The van der Waals surface area contributed by atoms with Crippen molar-refractivity contribution < 1.29 is 0 Å². The number of para-hydroxylation sites is 1. The molecular weight excluding hydrogens is 244 g/mol. The maximum atomic E-state index is 3.78. The monoisotopic (exact) mass is 270 g/mol. The van der Waals surface area contributed by atoms with E-state index in [-0.39, 0.29) is 0 Å². The van der Waals surface area contributed by atoms with Crippen molar-refractivity contribution in [2.75, 3.05) is 6.54 Å². The van der Waals surface area contributed by atoms with E-state index in [4.69, 9.17) is 0 Å². The average Bonchev–Trinajstić information content (AvgIpc) is 2.91. The molecule has 0 amide bonds. The van der Waals surface area contributed by atoms with Gasteiger partial charge in [-0.2, -0.15) is 0 Å². The number of hydrogen-bond donors (Lipinski definition) is 2. The Morgan fingerprint density at radius 3 is 2.80 bits per heavy atom. The van der Waals surface area contributed by atoms with Crippen molar-refractivity contribution in [3.8, 4) is 0 Å². The molecule has 108 valence electrons. The van der Waals surface area contributed by atoms with Crippen molar-refractivity contribution in [2.24, 2.45) is 11.3 Å². The van der Waals surface area contributed by atoms with Crippen LogP contribution in [0.3, 0.4) is 0 Å². The van der Waals surface area contributed by atoms with Crippen molar-refractivity contribution in [2.45, 2.75) is 46.1 Å². The second-order valence-electron chi connectivity index (χ2n) is 7.22. The highest BCUT2D eigenvalue weighted by Crippen LogP contribution is 2.40. The van der Waals surface area contributed by atoms with E-state index in [1.54, 1.807) is 0 Å². The molecule has 0 saturated heterocycles. The summed E-state index contributed by atoms with van der Waals surface area (Å²) in [5, 5.41) is 5.15. The van der Waals surface area contributed by atoms with Gasteiger partial charge in [0.15, 0.2) is 0 Å². The van der Waals surface area contributed by atoms with E-state index in [0.717, 1.165) is 18.9 Å². The highest BCUT2D eigenvalue weighted by molar-refractivity contribution is 5.83. The molecule has 1 saturated carbocycles. The zero-order valence-electron chi connectivity index (χ0n) is 12.9. The molecule has 0 spiro atoms. The van der Waals surface area contributed by atoms with Crippen LogP contribution in [0.2, 0.25) is 0 Å². The number of rotatable bonds is 4. The lowest BCUT2D eigenvalue weighted by Gasteiger charge is -2.18. The molecule has 1 aromatic carbocycles. The Hall–Kier alpha value is -1.28. The Balaban J connectivity index is 1.58. The first-order valence-electron chi connectivity index (χ1n) is 7.83. The molecule has 2 heteroatoms. The van der Waals surface area contributed by atoms with Gasteiger partial charge in [0.2, 0.25) is 0 Å². The van der Waals surface area contributed by atoms with Crippen LogP contribution in [0.5, 0.6) is 0 Å². The minimum absolute atomic E-state index is 0.512. The number of benzene rings is 1. The first kappa shape index (κ1) is 13.7. The van der Waals surface area contributed by atoms with Gasteiger partial charge in [-0.25, -0.2) is 0 Å². The number of aromatic nitrogens is 1. The number of H-pyrrole nitrogens is 1. The summed E-state index contributed by atoms with van der Waals surface area (Å²) < 4.78 is 0. The van der Waals surface area contributed by atoms with Gasteiger partial charge in [-0.05, 0) is 48.8 Å². The molecule has 0 radical (unpaired) electrons. The summed E-state index contributed by atoms with van der Waals surface area (Å²) in [7, 11) is 0. The van der Waals surface area contributed by atoms with Crippen LogP contribution in [0.4, 0.5) is 0 Å². The summed E-state index contributed by atoms with van der Waals surface area (Å²) >= 11 is 0. The zero-order valence-corrected chi connectivity index (χ0v) is 12.9. The topological polar surface area (TPSA) is 27.8 Å². The molecule has 1 aliphatic rings. The highest BCUT2D eigenvalue weighted by Gasteiger charge is 2.35. The second-order valence-corrected chi connectivity index (χ2v) is 7.22. The van der Waals surface area contributed by atoms with Gasteiger partial charge in [-0.15, -0.1) is 0 Å². The van der Waals surface area contributed by atoms with Crippen LogP contribution in [-0.4, -0.2) is 17.6 Å². The van der Waals surface area contributed by atoms with E-state index in [1.165, 1.54) is 29.3 Å². The molecule has 1 aromatic heterocycles. The smallest absolute Gasteiger partial charge is 0.0456 e. The van der Waals surface area contributed by atoms with Crippen LogP contribution in [0.1, 0.15) is 39.2 Å². The Bertz CT molecular complexity index is 582. The van der Waals surface area contributed by atoms with E-state index >= 15 is 0 Å². The molecule has 3 rings (SSSR count). The third-order valence-corrected chi connectivity index (χ3v) is 4.81. The molecule has 1 heterocycles.